The first kappa shape index (κ1) is 13.5. The molecule has 0 aromatic heterocycles. The van der Waals surface area contributed by atoms with Crippen LogP contribution in [0.4, 0.5) is 0 Å². The molecule has 2 rings (SSSR count). The highest BCUT2D eigenvalue weighted by Gasteiger charge is 2.35. The highest BCUT2D eigenvalue weighted by atomic mass is 16.2. The van der Waals surface area contributed by atoms with Crippen molar-refractivity contribution in [3.05, 3.63) is 35.9 Å². The number of amides is 2. The van der Waals surface area contributed by atoms with E-state index in [1.807, 2.05) is 44.3 Å². The third kappa shape index (κ3) is 2.76. The van der Waals surface area contributed by atoms with Gasteiger partial charge in [0, 0.05) is 19.1 Å². The van der Waals surface area contributed by atoms with Crippen LogP contribution >= 0.6 is 0 Å². The van der Waals surface area contributed by atoms with E-state index in [1.54, 1.807) is 4.90 Å². The van der Waals surface area contributed by atoms with Crippen molar-refractivity contribution in [1.82, 2.24) is 9.80 Å². The number of nitrogens with two attached hydrogens (primary N) is 1. The number of benzene rings is 1. The summed E-state index contributed by atoms with van der Waals surface area (Å²) < 4.78 is 0. The molecule has 5 heteroatoms. The summed E-state index contributed by atoms with van der Waals surface area (Å²) in [5.41, 5.74) is 6.17. The highest BCUT2D eigenvalue weighted by Crippen LogP contribution is 2.27. The molecule has 0 unspecified atom stereocenters. The van der Waals surface area contributed by atoms with E-state index in [0.29, 0.717) is 13.1 Å². The highest BCUT2D eigenvalue weighted by molar-refractivity contribution is 6.34. The average Bonchev–Trinajstić information content (AvgIpc) is 2.41. The van der Waals surface area contributed by atoms with E-state index < -0.39 is 11.8 Å². The fourth-order valence-electron chi connectivity index (χ4n) is 2.43. The number of hydrogen-bond acceptors (Lipinski definition) is 3. The quantitative estimate of drug-likeness (QED) is 0.743. The van der Waals surface area contributed by atoms with Gasteiger partial charge >= 0.3 is 11.8 Å². The van der Waals surface area contributed by atoms with Gasteiger partial charge in [0.2, 0.25) is 0 Å². The van der Waals surface area contributed by atoms with Gasteiger partial charge in [-0.25, -0.2) is 0 Å². The van der Waals surface area contributed by atoms with Crippen LogP contribution in [0, 0.1) is 0 Å². The molecule has 2 N–H and O–H groups in total. The van der Waals surface area contributed by atoms with Gasteiger partial charge in [-0.15, -0.1) is 0 Å². The van der Waals surface area contributed by atoms with Crippen molar-refractivity contribution < 1.29 is 9.59 Å². The third-order valence-electron chi connectivity index (χ3n) is 3.71. The number of nitrogens with zero attached hydrogens (tertiary/aromatic N) is 2. The summed E-state index contributed by atoms with van der Waals surface area (Å²) >= 11 is 0. The van der Waals surface area contributed by atoms with E-state index >= 15 is 0 Å². The summed E-state index contributed by atoms with van der Waals surface area (Å²) in [5, 5.41) is 0. The zero-order valence-corrected chi connectivity index (χ0v) is 11.2. The third-order valence-corrected chi connectivity index (χ3v) is 3.71. The smallest absolute Gasteiger partial charge is 0.312 e. The molecule has 1 aliphatic rings. The maximum Gasteiger partial charge on any atom is 0.312 e. The Labute approximate surface area is 113 Å². The second kappa shape index (κ2) is 5.40. The van der Waals surface area contributed by atoms with Gasteiger partial charge in [-0.3, -0.25) is 14.5 Å². The van der Waals surface area contributed by atoms with Crippen LogP contribution < -0.4 is 5.73 Å². The minimum Gasteiger partial charge on any atom is -0.361 e. The zero-order valence-electron chi connectivity index (χ0n) is 11.2. The fourth-order valence-corrected chi connectivity index (χ4v) is 2.43. The van der Waals surface area contributed by atoms with Gasteiger partial charge in [-0.1, -0.05) is 30.3 Å². The second-order valence-corrected chi connectivity index (χ2v) is 5.04. The number of carbonyl (C=O) groups excluding carboxylic acids is 2. The number of hydrogen-bond donors (Lipinski definition) is 1. The molecule has 0 saturated carbocycles. The topological polar surface area (TPSA) is 66.6 Å². The van der Waals surface area contributed by atoms with Crippen LogP contribution in [0.3, 0.4) is 0 Å². The minimum atomic E-state index is -0.891. The molecule has 1 aromatic carbocycles. The van der Waals surface area contributed by atoms with Crippen molar-refractivity contribution >= 4 is 11.8 Å². The Bertz CT molecular complexity index is 475. The lowest BCUT2D eigenvalue weighted by Gasteiger charge is -2.43. The van der Waals surface area contributed by atoms with E-state index in [9.17, 15) is 9.59 Å². The van der Waals surface area contributed by atoms with Crippen LogP contribution in [0.2, 0.25) is 0 Å². The van der Waals surface area contributed by atoms with E-state index in [4.69, 9.17) is 5.73 Å². The SMILES string of the molecule is C[C@@H]1CN(C(=O)C(N)=O)[C@@H](c2ccccc2)CN1C. The van der Waals surface area contributed by atoms with Crippen LogP contribution in [-0.4, -0.2) is 47.8 Å². The van der Waals surface area contributed by atoms with Crippen LogP contribution in [0.15, 0.2) is 30.3 Å². The van der Waals surface area contributed by atoms with Gasteiger partial charge in [0.25, 0.3) is 0 Å². The number of primary amides is 1. The Hall–Kier alpha value is -1.88. The van der Waals surface area contributed by atoms with Gasteiger partial charge in [0.1, 0.15) is 0 Å². The van der Waals surface area contributed by atoms with Crippen molar-refractivity contribution in [3.8, 4) is 0 Å². The number of piperazine rings is 1. The van der Waals surface area contributed by atoms with Crippen LogP contribution in [0.5, 0.6) is 0 Å². The normalized spacial score (nSPS) is 24.2. The first-order valence-electron chi connectivity index (χ1n) is 6.36. The predicted octanol–water partition coefficient (Wildman–Crippen LogP) is 0.375. The first-order valence-corrected chi connectivity index (χ1v) is 6.36. The van der Waals surface area contributed by atoms with Gasteiger partial charge in [0.05, 0.1) is 6.04 Å². The molecule has 1 fully saturated rings. The number of rotatable bonds is 1. The monoisotopic (exact) mass is 261 g/mol. The summed E-state index contributed by atoms with van der Waals surface area (Å²) in [6, 6.07) is 9.82. The number of likely N-dealkylation sites (N-methyl/N-ethyl adjacent to an activating group) is 1. The fraction of sp³-hybridized carbons (Fsp3) is 0.429. The van der Waals surface area contributed by atoms with Crippen molar-refractivity contribution in [2.24, 2.45) is 5.73 Å². The first-order chi connectivity index (χ1) is 9.00. The molecule has 1 aliphatic heterocycles. The lowest BCUT2D eigenvalue weighted by Crippen LogP contribution is -2.56. The minimum absolute atomic E-state index is 0.123. The van der Waals surface area contributed by atoms with Crippen LogP contribution in [0.25, 0.3) is 0 Å². The molecule has 0 radical (unpaired) electrons. The van der Waals surface area contributed by atoms with Crippen molar-refractivity contribution in [2.75, 3.05) is 20.1 Å². The summed E-state index contributed by atoms with van der Waals surface area (Å²) in [7, 11) is 2.02. The Morgan fingerprint density at radius 2 is 1.84 bits per heavy atom. The molecule has 19 heavy (non-hydrogen) atoms. The van der Waals surface area contributed by atoms with Gasteiger partial charge in [-0.05, 0) is 19.5 Å². The van der Waals surface area contributed by atoms with Gasteiger partial charge in [-0.2, -0.15) is 0 Å². The summed E-state index contributed by atoms with van der Waals surface area (Å²) in [4.78, 5) is 26.9. The van der Waals surface area contributed by atoms with Crippen molar-refractivity contribution in [3.63, 3.8) is 0 Å². The Morgan fingerprint density at radius 1 is 1.21 bits per heavy atom. The van der Waals surface area contributed by atoms with Crippen molar-refractivity contribution in [1.29, 1.82) is 0 Å². The molecule has 2 amide bonds. The van der Waals surface area contributed by atoms with Crippen LogP contribution in [0.1, 0.15) is 18.5 Å². The molecule has 1 aromatic rings. The lowest BCUT2D eigenvalue weighted by atomic mass is 10.00. The Kier molecular flexibility index (Phi) is 3.85. The van der Waals surface area contributed by atoms with E-state index in [1.165, 1.54) is 0 Å². The standard InChI is InChI=1S/C14H19N3O2/c1-10-8-17(14(19)13(15)18)12(9-16(10)2)11-6-4-3-5-7-11/h3-7,10,12H,8-9H2,1-2H3,(H2,15,18)/t10-,12-/m1/s1. The predicted molar refractivity (Wildman–Crippen MR) is 72.2 cm³/mol. The molecule has 0 aliphatic carbocycles. The summed E-state index contributed by atoms with van der Waals surface area (Å²) in [5.74, 6) is -1.49. The van der Waals surface area contributed by atoms with Gasteiger partial charge < -0.3 is 10.6 Å². The Balaban J connectivity index is 2.31. The van der Waals surface area contributed by atoms with Crippen molar-refractivity contribution in [2.45, 2.75) is 19.0 Å². The largest absolute Gasteiger partial charge is 0.361 e. The maximum atomic E-state index is 12.0. The zero-order chi connectivity index (χ0) is 14.0. The summed E-state index contributed by atoms with van der Waals surface area (Å²) in [6.45, 7) is 3.24. The second-order valence-electron chi connectivity index (χ2n) is 5.04. The summed E-state index contributed by atoms with van der Waals surface area (Å²) in [6.07, 6.45) is 0. The molecule has 5 nitrogen and oxygen atoms in total. The maximum absolute atomic E-state index is 12.0. The van der Waals surface area contributed by atoms with E-state index in [-0.39, 0.29) is 12.1 Å². The molecular weight excluding hydrogens is 242 g/mol. The Morgan fingerprint density at radius 3 is 2.42 bits per heavy atom. The molecule has 1 saturated heterocycles. The molecule has 0 spiro atoms. The molecule has 2 atom stereocenters. The number of carbonyl (C=O) groups is 2. The van der Waals surface area contributed by atoms with Crippen LogP contribution in [-0.2, 0) is 9.59 Å². The average molecular weight is 261 g/mol. The lowest BCUT2D eigenvalue weighted by molar-refractivity contribution is -0.148. The molecular formula is C14H19N3O2. The van der Waals surface area contributed by atoms with E-state index in [2.05, 4.69) is 4.90 Å². The molecule has 0 bridgehead atoms. The van der Waals surface area contributed by atoms with Gasteiger partial charge in [0.15, 0.2) is 0 Å². The molecule has 1 heterocycles. The van der Waals surface area contributed by atoms with E-state index in [0.717, 1.165) is 5.56 Å². The molecule has 102 valence electrons.